The Kier molecular flexibility index (Phi) is 4.46. The van der Waals surface area contributed by atoms with E-state index in [4.69, 9.17) is 0 Å². The maximum atomic E-state index is 14.3. The molecule has 0 spiro atoms. The van der Waals surface area contributed by atoms with E-state index in [0.29, 0.717) is 0 Å². The zero-order valence-electron chi connectivity index (χ0n) is 13.7. The van der Waals surface area contributed by atoms with E-state index >= 15 is 0 Å². The largest absolute Gasteiger partial charge is 0.339 e. The van der Waals surface area contributed by atoms with Gasteiger partial charge in [-0.2, -0.15) is 17.6 Å². The van der Waals surface area contributed by atoms with Crippen LogP contribution in [0.1, 0.15) is 18.9 Å². The van der Waals surface area contributed by atoms with Gasteiger partial charge in [0, 0.05) is 16.7 Å². The second kappa shape index (κ2) is 6.34. The van der Waals surface area contributed by atoms with Crippen LogP contribution in [0.4, 0.5) is 26.3 Å². The van der Waals surface area contributed by atoms with Crippen molar-refractivity contribution >= 4 is 5.57 Å². The van der Waals surface area contributed by atoms with Crippen LogP contribution in [0.5, 0.6) is 0 Å². The molecule has 136 valence electrons. The molecule has 1 aliphatic carbocycles. The molecule has 0 aromatic heterocycles. The van der Waals surface area contributed by atoms with Crippen molar-refractivity contribution in [1.82, 2.24) is 0 Å². The minimum atomic E-state index is -4.36. The van der Waals surface area contributed by atoms with E-state index in [1.54, 1.807) is 0 Å². The summed E-state index contributed by atoms with van der Waals surface area (Å²) in [6.07, 6.45) is 1.80. The molecule has 2 aromatic rings. The van der Waals surface area contributed by atoms with Gasteiger partial charge >= 0.3 is 11.8 Å². The molecule has 0 radical (unpaired) electrons. The summed E-state index contributed by atoms with van der Waals surface area (Å²) in [6, 6.07) is 8.59. The number of hydrogen-bond acceptors (Lipinski definition) is 0. The summed E-state index contributed by atoms with van der Waals surface area (Å²) in [5.41, 5.74) is -1.35. The summed E-state index contributed by atoms with van der Waals surface area (Å²) in [4.78, 5) is 0. The third-order valence-corrected chi connectivity index (χ3v) is 4.43. The zero-order chi connectivity index (χ0) is 19.1. The van der Waals surface area contributed by atoms with Crippen LogP contribution in [-0.4, -0.2) is 11.8 Å². The van der Waals surface area contributed by atoms with E-state index in [1.165, 1.54) is 43.3 Å². The summed E-state index contributed by atoms with van der Waals surface area (Å²) < 4.78 is 84.0. The molecule has 0 heterocycles. The van der Waals surface area contributed by atoms with Crippen LogP contribution < -0.4 is 0 Å². The highest BCUT2D eigenvalue weighted by molar-refractivity contribution is 5.77. The molecule has 1 aliphatic rings. The van der Waals surface area contributed by atoms with Crippen molar-refractivity contribution in [3.63, 3.8) is 0 Å². The molecule has 0 atom stereocenters. The molecule has 6 heteroatoms. The number of benzene rings is 2. The van der Waals surface area contributed by atoms with Gasteiger partial charge in [0.15, 0.2) is 11.6 Å². The van der Waals surface area contributed by atoms with Crippen LogP contribution in [0.2, 0.25) is 0 Å². The Morgan fingerprint density at radius 3 is 2.00 bits per heavy atom. The average molecular weight is 368 g/mol. The highest BCUT2D eigenvalue weighted by atomic mass is 19.3. The van der Waals surface area contributed by atoms with Gasteiger partial charge in [0.25, 0.3) is 0 Å². The first-order valence-electron chi connectivity index (χ1n) is 7.92. The average Bonchev–Trinajstić information content (AvgIpc) is 2.60. The predicted octanol–water partition coefficient (Wildman–Crippen LogP) is 6.64. The van der Waals surface area contributed by atoms with Gasteiger partial charge in [0.2, 0.25) is 0 Å². The van der Waals surface area contributed by atoms with E-state index in [1.807, 2.05) is 0 Å². The van der Waals surface area contributed by atoms with Crippen molar-refractivity contribution in [2.24, 2.45) is 0 Å². The monoisotopic (exact) mass is 368 g/mol. The Hall–Kier alpha value is -2.50. The Bertz CT molecular complexity index is 891. The molecule has 0 aliphatic heterocycles. The zero-order valence-corrected chi connectivity index (χ0v) is 13.7. The van der Waals surface area contributed by atoms with Gasteiger partial charge in [0.05, 0.1) is 0 Å². The van der Waals surface area contributed by atoms with Gasteiger partial charge in [-0.3, -0.25) is 0 Å². The number of hydrogen-bond donors (Lipinski definition) is 0. The fourth-order valence-electron chi connectivity index (χ4n) is 2.94. The van der Waals surface area contributed by atoms with Crippen molar-refractivity contribution in [1.29, 1.82) is 0 Å². The number of halogens is 6. The second-order valence-electron chi connectivity index (χ2n) is 5.95. The van der Waals surface area contributed by atoms with E-state index in [-0.39, 0.29) is 23.1 Å². The Morgan fingerprint density at radius 1 is 0.769 bits per heavy atom. The Labute approximate surface area is 146 Å². The van der Waals surface area contributed by atoms with E-state index < -0.39 is 34.6 Å². The first kappa shape index (κ1) is 18.3. The summed E-state index contributed by atoms with van der Waals surface area (Å²) in [7, 11) is 0. The lowest BCUT2D eigenvalue weighted by atomic mass is 9.85. The van der Waals surface area contributed by atoms with Crippen LogP contribution in [-0.2, 0) is 0 Å². The van der Waals surface area contributed by atoms with Gasteiger partial charge in [-0.1, -0.05) is 55.5 Å². The van der Waals surface area contributed by atoms with Gasteiger partial charge < -0.3 is 0 Å². The number of allylic oxidation sites excluding steroid dienone is 4. The second-order valence-corrected chi connectivity index (χ2v) is 5.95. The normalized spacial score (nSPS) is 18.3. The van der Waals surface area contributed by atoms with Crippen molar-refractivity contribution in [3.05, 3.63) is 77.4 Å². The highest BCUT2D eigenvalue weighted by Crippen LogP contribution is 2.51. The maximum Gasteiger partial charge on any atom is 0.339 e. The SMILES string of the molecule is CCC1=CC=C(c2ccc(-c3cccc(F)c3F)cc2)C(F)(F)C1(F)F. The molecule has 0 unspecified atom stereocenters. The van der Waals surface area contributed by atoms with Crippen molar-refractivity contribution in [2.45, 2.75) is 25.2 Å². The molecule has 26 heavy (non-hydrogen) atoms. The van der Waals surface area contributed by atoms with E-state index in [0.717, 1.165) is 18.2 Å². The minimum absolute atomic E-state index is 0.0422. The molecular weight excluding hydrogens is 354 g/mol. The molecule has 0 nitrogen and oxygen atoms in total. The molecular formula is C20H14F6. The van der Waals surface area contributed by atoms with E-state index in [9.17, 15) is 26.3 Å². The van der Waals surface area contributed by atoms with E-state index in [2.05, 4.69) is 0 Å². The van der Waals surface area contributed by atoms with Crippen molar-refractivity contribution < 1.29 is 26.3 Å². The summed E-state index contributed by atoms with van der Waals surface area (Å²) in [5, 5.41) is 0. The first-order valence-corrected chi connectivity index (χ1v) is 7.92. The molecule has 0 bridgehead atoms. The smallest absolute Gasteiger partial charge is 0.204 e. The van der Waals surface area contributed by atoms with Crippen LogP contribution in [0, 0.1) is 11.6 Å². The summed E-state index contributed by atoms with van der Waals surface area (Å²) in [5.74, 6) is -10.7. The number of alkyl halides is 4. The third-order valence-electron chi connectivity index (χ3n) is 4.43. The van der Waals surface area contributed by atoms with Crippen molar-refractivity contribution in [3.8, 4) is 11.1 Å². The third kappa shape index (κ3) is 2.73. The van der Waals surface area contributed by atoms with Gasteiger partial charge in [-0.25, -0.2) is 8.78 Å². The summed E-state index contributed by atoms with van der Waals surface area (Å²) >= 11 is 0. The minimum Gasteiger partial charge on any atom is -0.204 e. The lowest BCUT2D eigenvalue weighted by Crippen LogP contribution is -2.44. The highest BCUT2D eigenvalue weighted by Gasteiger charge is 2.61. The lowest BCUT2D eigenvalue weighted by molar-refractivity contribution is -0.149. The molecule has 0 amide bonds. The topological polar surface area (TPSA) is 0 Å². The van der Waals surface area contributed by atoms with Gasteiger partial charge in [-0.15, -0.1) is 0 Å². The molecule has 0 saturated heterocycles. The first-order chi connectivity index (χ1) is 12.2. The Balaban J connectivity index is 2.03. The van der Waals surface area contributed by atoms with Crippen LogP contribution in [0.15, 0.2) is 60.2 Å². The summed E-state index contributed by atoms with van der Waals surface area (Å²) in [6.45, 7) is 1.39. The van der Waals surface area contributed by atoms with Crippen molar-refractivity contribution in [2.75, 3.05) is 0 Å². The van der Waals surface area contributed by atoms with Crippen LogP contribution >= 0.6 is 0 Å². The van der Waals surface area contributed by atoms with Gasteiger partial charge in [0.1, 0.15) is 0 Å². The standard InChI is InChI=1S/C20H14F6/c1-2-14-10-11-16(20(25,26)19(14,23)24)13-8-6-12(7-9-13)15-4-3-5-17(21)18(15)22/h3-11H,2H2,1H3. The Morgan fingerprint density at radius 2 is 1.38 bits per heavy atom. The van der Waals surface area contributed by atoms with Gasteiger partial charge in [-0.05, 0) is 23.6 Å². The van der Waals surface area contributed by atoms with Crippen LogP contribution in [0.3, 0.4) is 0 Å². The fourth-order valence-corrected chi connectivity index (χ4v) is 2.94. The quantitative estimate of drug-likeness (QED) is 0.533. The maximum absolute atomic E-state index is 14.3. The fraction of sp³-hybridized carbons (Fsp3) is 0.200. The molecule has 0 N–H and O–H groups in total. The lowest BCUT2D eigenvalue weighted by Gasteiger charge is -2.33. The predicted molar refractivity (Wildman–Crippen MR) is 88.0 cm³/mol. The molecule has 3 rings (SSSR count). The number of rotatable bonds is 3. The molecule has 0 fully saturated rings. The van der Waals surface area contributed by atoms with Crippen LogP contribution in [0.25, 0.3) is 16.7 Å². The molecule has 2 aromatic carbocycles. The molecule has 0 saturated carbocycles.